The van der Waals surface area contributed by atoms with Crippen LogP contribution < -0.4 is 10.2 Å². The van der Waals surface area contributed by atoms with Gasteiger partial charge in [0.05, 0.1) is 13.2 Å². The highest BCUT2D eigenvalue weighted by molar-refractivity contribution is 6.30. The van der Waals surface area contributed by atoms with E-state index in [1.807, 2.05) is 54.6 Å². The maximum atomic E-state index is 5.81. The quantitative estimate of drug-likeness (QED) is 0.592. The molecule has 2 aromatic carbocycles. The minimum absolute atomic E-state index is 0.525. The summed E-state index contributed by atoms with van der Waals surface area (Å²) in [6.07, 6.45) is 0.884. The van der Waals surface area contributed by atoms with Crippen molar-refractivity contribution in [2.45, 2.75) is 13.0 Å². The smallest absolute Gasteiger partial charge is 0.119 e. The highest BCUT2D eigenvalue weighted by atomic mass is 35.5. The number of benzene rings is 2. The molecule has 2 aromatic rings. The Balaban J connectivity index is 1.51. The molecular formula is C16H18ClNO2. The Morgan fingerprint density at radius 1 is 0.950 bits per heavy atom. The van der Waals surface area contributed by atoms with Crippen LogP contribution in [0.5, 0.6) is 5.75 Å². The van der Waals surface area contributed by atoms with Crippen molar-refractivity contribution in [1.29, 1.82) is 0 Å². The normalized spacial score (nSPS) is 10.4. The molecule has 2 rings (SSSR count). The van der Waals surface area contributed by atoms with E-state index in [4.69, 9.17) is 21.2 Å². The lowest BCUT2D eigenvalue weighted by Gasteiger charge is -2.07. The molecule has 0 radical (unpaired) electrons. The molecule has 0 amide bonds. The van der Waals surface area contributed by atoms with Gasteiger partial charge in [-0.15, -0.1) is 0 Å². The highest BCUT2D eigenvalue weighted by Gasteiger charge is 1.95. The van der Waals surface area contributed by atoms with Gasteiger partial charge in [-0.2, -0.15) is 0 Å². The summed E-state index contributed by atoms with van der Waals surface area (Å²) < 4.78 is 5.57. The maximum Gasteiger partial charge on any atom is 0.119 e. The van der Waals surface area contributed by atoms with E-state index in [1.54, 1.807) is 0 Å². The number of ether oxygens (including phenoxy) is 1. The molecule has 0 aliphatic rings. The summed E-state index contributed by atoms with van der Waals surface area (Å²) in [7, 11) is 0. The summed E-state index contributed by atoms with van der Waals surface area (Å²) in [5, 5.41) is 0.736. The van der Waals surface area contributed by atoms with Gasteiger partial charge in [0.25, 0.3) is 0 Å². The Labute approximate surface area is 124 Å². The van der Waals surface area contributed by atoms with Crippen LogP contribution >= 0.6 is 11.6 Å². The Hall–Kier alpha value is -1.55. The number of rotatable bonds is 8. The predicted octanol–water partition coefficient (Wildman–Crippen LogP) is 3.83. The lowest BCUT2D eigenvalue weighted by Crippen LogP contribution is -2.17. The van der Waals surface area contributed by atoms with Crippen molar-refractivity contribution in [3.63, 3.8) is 0 Å². The fraction of sp³-hybridized carbons (Fsp3) is 0.250. The van der Waals surface area contributed by atoms with Crippen molar-refractivity contribution in [2.75, 3.05) is 13.2 Å². The van der Waals surface area contributed by atoms with Gasteiger partial charge in [-0.25, -0.2) is 5.48 Å². The van der Waals surface area contributed by atoms with Crippen LogP contribution in [-0.2, 0) is 11.4 Å². The number of hydrogen-bond donors (Lipinski definition) is 1. The van der Waals surface area contributed by atoms with Gasteiger partial charge < -0.3 is 4.74 Å². The fourth-order valence-electron chi connectivity index (χ4n) is 1.64. The van der Waals surface area contributed by atoms with E-state index in [0.717, 1.165) is 29.3 Å². The molecule has 0 heterocycles. The minimum atomic E-state index is 0.525. The molecule has 0 bridgehead atoms. The lowest BCUT2D eigenvalue weighted by molar-refractivity contribution is 0.0257. The monoisotopic (exact) mass is 291 g/mol. The van der Waals surface area contributed by atoms with Crippen LogP contribution in [0.15, 0.2) is 54.6 Å². The van der Waals surface area contributed by atoms with Crippen LogP contribution in [0.25, 0.3) is 0 Å². The van der Waals surface area contributed by atoms with Crippen molar-refractivity contribution in [2.24, 2.45) is 0 Å². The number of nitrogens with one attached hydrogen (secondary N) is 1. The summed E-state index contributed by atoms with van der Waals surface area (Å²) in [5.41, 5.74) is 4.01. The topological polar surface area (TPSA) is 30.5 Å². The number of para-hydroxylation sites is 1. The van der Waals surface area contributed by atoms with E-state index >= 15 is 0 Å². The first-order valence-corrected chi connectivity index (χ1v) is 6.99. The third kappa shape index (κ3) is 5.61. The first-order valence-electron chi connectivity index (χ1n) is 6.61. The summed E-state index contributed by atoms with van der Waals surface area (Å²) in [5.74, 6) is 0.898. The zero-order valence-electron chi connectivity index (χ0n) is 11.2. The number of hydroxylamine groups is 1. The van der Waals surface area contributed by atoms with Gasteiger partial charge in [-0.05, 0) is 36.2 Å². The van der Waals surface area contributed by atoms with Crippen molar-refractivity contribution < 1.29 is 9.57 Å². The molecule has 0 spiro atoms. The Morgan fingerprint density at radius 2 is 1.70 bits per heavy atom. The zero-order valence-corrected chi connectivity index (χ0v) is 12.0. The maximum absolute atomic E-state index is 5.81. The summed E-state index contributed by atoms with van der Waals surface area (Å²) in [6.45, 7) is 1.94. The van der Waals surface area contributed by atoms with Gasteiger partial charge in [0.1, 0.15) is 5.75 Å². The SMILES string of the molecule is Clc1ccc(CONCCCOc2ccccc2)cc1. The molecule has 0 unspecified atom stereocenters. The van der Waals surface area contributed by atoms with Crippen molar-refractivity contribution in [1.82, 2.24) is 5.48 Å². The molecule has 0 saturated carbocycles. The second-order valence-electron chi connectivity index (χ2n) is 4.32. The van der Waals surface area contributed by atoms with Crippen LogP contribution in [0.4, 0.5) is 0 Å². The third-order valence-corrected chi connectivity index (χ3v) is 2.94. The molecule has 3 nitrogen and oxygen atoms in total. The Morgan fingerprint density at radius 3 is 2.45 bits per heavy atom. The first-order chi connectivity index (χ1) is 9.84. The molecular weight excluding hydrogens is 274 g/mol. The third-order valence-electron chi connectivity index (χ3n) is 2.69. The van der Waals surface area contributed by atoms with E-state index in [9.17, 15) is 0 Å². The van der Waals surface area contributed by atoms with Crippen molar-refractivity contribution in [3.05, 3.63) is 65.2 Å². The summed E-state index contributed by atoms with van der Waals surface area (Å²) in [4.78, 5) is 5.36. The van der Waals surface area contributed by atoms with Crippen LogP contribution in [0, 0.1) is 0 Å². The second-order valence-corrected chi connectivity index (χ2v) is 4.76. The molecule has 0 aliphatic heterocycles. The minimum Gasteiger partial charge on any atom is -0.494 e. The van der Waals surface area contributed by atoms with Crippen molar-refractivity contribution >= 4 is 11.6 Å². The molecule has 0 saturated heterocycles. The van der Waals surface area contributed by atoms with Crippen molar-refractivity contribution in [3.8, 4) is 5.75 Å². The zero-order chi connectivity index (χ0) is 14.0. The van der Waals surface area contributed by atoms with Crippen LogP contribution in [0.1, 0.15) is 12.0 Å². The molecule has 1 N–H and O–H groups in total. The molecule has 106 valence electrons. The highest BCUT2D eigenvalue weighted by Crippen LogP contribution is 2.10. The van der Waals surface area contributed by atoms with Gasteiger partial charge in [-0.1, -0.05) is 41.9 Å². The van der Waals surface area contributed by atoms with E-state index in [-0.39, 0.29) is 0 Å². The van der Waals surface area contributed by atoms with Gasteiger partial charge >= 0.3 is 0 Å². The Bertz CT molecular complexity index is 488. The van der Waals surface area contributed by atoms with Crippen LogP contribution in [0.3, 0.4) is 0 Å². The van der Waals surface area contributed by atoms with Gasteiger partial charge in [0, 0.05) is 11.6 Å². The second kappa shape index (κ2) is 8.59. The standard InChI is InChI=1S/C16H18ClNO2/c17-15-9-7-14(8-10-15)13-20-18-11-4-12-19-16-5-2-1-3-6-16/h1-3,5-10,18H,4,11-13H2. The van der Waals surface area contributed by atoms with E-state index in [2.05, 4.69) is 5.48 Å². The van der Waals surface area contributed by atoms with Gasteiger partial charge in [0.2, 0.25) is 0 Å². The van der Waals surface area contributed by atoms with E-state index in [1.165, 1.54) is 0 Å². The number of hydrogen-bond acceptors (Lipinski definition) is 3. The predicted molar refractivity (Wildman–Crippen MR) is 80.8 cm³/mol. The van der Waals surface area contributed by atoms with Crippen LogP contribution in [0.2, 0.25) is 5.02 Å². The summed E-state index contributed by atoms with van der Waals surface area (Å²) >= 11 is 5.81. The first kappa shape index (κ1) is 14.9. The Kier molecular flexibility index (Phi) is 6.38. The molecule has 0 atom stereocenters. The fourth-order valence-corrected chi connectivity index (χ4v) is 1.76. The van der Waals surface area contributed by atoms with E-state index in [0.29, 0.717) is 13.2 Å². The van der Waals surface area contributed by atoms with Gasteiger partial charge in [-0.3, -0.25) is 4.84 Å². The van der Waals surface area contributed by atoms with Gasteiger partial charge in [0.15, 0.2) is 0 Å². The molecule has 20 heavy (non-hydrogen) atoms. The molecule has 4 heteroatoms. The summed E-state index contributed by atoms with van der Waals surface area (Å²) in [6, 6.07) is 17.4. The molecule has 0 fully saturated rings. The molecule has 0 aliphatic carbocycles. The largest absolute Gasteiger partial charge is 0.494 e. The van der Waals surface area contributed by atoms with E-state index < -0.39 is 0 Å². The average molecular weight is 292 g/mol. The average Bonchev–Trinajstić information content (AvgIpc) is 2.49. The number of halogens is 1. The lowest BCUT2D eigenvalue weighted by atomic mass is 10.2. The molecule has 0 aromatic heterocycles. The van der Waals surface area contributed by atoms with Crippen LogP contribution in [-0.4, -0.2) is 13.2 Å².